The Morgan fingerprint density at radius 1 is 1.25 bits per heavy atom. The van der Waals surface area contributed by atoms with E-state index < -0.39 is 0 Å². The lowest BCUT2D eigenvalue weighted by Gasteiger charge is -2.21. The molecule has 3 rings (SSSR count). The Morgan fingerprint density at radius 3 is 2.85 bits per heavy atom. The van der Waals surface area contributed by atoms with Gasteiger partial charge in [0.2, 0.25) is 0 Å². The van der Waals surface area contributed by atoms with Gasteiger partial charge in [0.15, 0.2) is 5.82 Å². The summed E-state index contributed by atoms with van der Waals surface area (Å²) < 4.78 is 0. The predicted molar refractivity (Wildman–Crippen MR) is 79.5 cm³/mol. The van der Waals surface area contributed by atoms with Crippen LogP contribution in [0.1, 0.15) is 42.3 Å². The van der Waals surface area contributed by atoms with Gasteiger partial charge in [0.05, 0.1) is 11.4 Å². The van der Waals surface area contributed by atoms with Crippen molar-refractivity contribution in [3.8, 4) is 11.5 Å². The highest BCUT2D eigenvalue weighted by Gasteiger charge is 2.20. The van der Waals surface area contributed by atoms with Gasteiger partial charge < -0.3 is 5.32 Å². The van der Waals surface area contributed by atoms with Crippen LogP contribution in [0.25, 0.3) is 11.5 Å². The van der Waals surface area contributed by atoms with E-state index >= 15 is 0 Å². The third-order valence-corrected chi connectivity index (χ3v) is 3.73. The van der Waals surface area contributed by atoms with Crippen molar-refractivity contribution in [3.05, 3.63) is 40.8 Å². The highest BCUT2D eigenvalue weighted by atomic mass is 15.0. The summed E-state index contributed by atoms with van der Waals surface area (Å²) in [4.78, 5) is 14.0. The first kappa shape index (κ1) is 13.2. The predicted octanol–water partition coefficient (Wildman–Crippen LogP) is 2.62. The second kappa shape index (κ2) is 5.29. The zero-order chi connectivity index (χ0) is 14.1. The number of nitrogens with one attached hydrogen (secondary N) is 1. The zero-order valence-electron chi connectivity index (χ0n) is 12.3. The number of aromatic nitrogens is 3. The Morgan fingerprint density at radius 2 is 2.10 bits per heavy atom. The summed E-state index contributed by atoms with van der Waals surface area (Å²) in [6.07, 6.45) is 2.78. The van der Waals surface area contributed by atoms with Crippen LogP contribution in [0.5, 0.6) is 0 Å². The van der Waals surface area contributed by atoms with E-state index in [9.17, 15) is 0 Å². The molecule has 0 aromatic carbocycles. The van der Waals surface area contributed by atoms with Crippen LogP contribution < -0.4 is 5.32 Å². The summed E-state index contributed by atoms with van der Waals surface area (Å²) in [5, 5.41) is 3.41. The van der Waals surface area contributed by atoms with Crippen LogP contribution in [0.2, 0.25) is 0 Å². The zero-order valence-corrected chi connectivity index (χ0v) is 12.3. The molecule has 0 saturated carbocycles. The molecule has 4 heteroatoms. The highest BCUT2D eigenvalue weighted by molar-refractivity contribution is 5.55. The average Bonchev–Trinajstić information content (AvgIpc) is 2.46. The minimum Gasteiger partial charge on any atom is -0.312 e. The van der Waals surface area contributed by atoms with Gasteiger partial charge in [-0.15, -0.1) is 0 Å². The van der Waals surface area contributed by atoms with Crippen molar-refractivity contribution in [3.63, 3.8) is 0 Å². The molecule has 0 spiro atoms. The molecule has 3 heterocycles. The van der Waals surface area contributed by atoms with Gasteiger partial charge in [0, 0.05) is 31.3 Å². The molecule has 0 aliphatic carbocycles. The molecule has 104 valence electrons. The molecule has 0 atom stereocenters. The van der Waals surface area contributed by atoms with Crippen LogP contribution in [0, 0.1) is 6.92 Å². The van der Waals surface area contributed by atoms with E-state index in [-0.39, 0.29) is 0 Å². The largest absolute Gasteiger partial charge is 0.312 e. The Balaban J connectivity index is 2.18. The lowest BCUT2D eigenvalue weighted by molar-refractivity contribution is 0.609. The second-order valence-electron chi connectivity index (χ2n) is 5.61. The van der Waals surface area contributed by atoms with Crippen molar-refractivity contribution in [2.45, 2.75) is 39.7 Å². The molecule has 2 aromatic rings. The molecular weight excluding hydrogens is 248 g/mol. The van der Waals surface area contributed by atoms with Crippen molar-refractivity contribution in [1.82, 2.24) is 20.3 Å². The SMILES string of the molecule is Cc1cccnc1-c1nc2c(c(C(C)C)n1)CNCC2. The molecule has 0 saturated heterocycles. The van der Waals surface area contributed by atoms with Gasteiger partial charge in [-0.05, 0) is 24.5 Å². The lowest BCUT2D eigenvalue weighted by Crippen LogP contribution is -2.27. The standard InChI is InChI=1S/C16H20N4/c1-10(2)14-12-9-17-8-6-13(12)19-16(20-14)15-11(3)5-4-7-18-15/h4-5,7,10,17H,6,8-9H2,1-3H3. The van der Waals surface area contributed by atoms with Crippen LogP contribution in [0.15, 0.2) is 18.3 Å². The highest BCUT2D eigenvalue weighted by Crippen LogP contribution is 2.26. The maximum atomic E-state index is 4.80. The fourth-order valence-corrected chi connectivity index (χ4v) is 2.67. The second-order valence-corrected chi connectivity index (χ2v) is 5.61. The molecular formula is C16H20N4. The molecule has 1 aliphatic rings. The van der Waals surface area contributed by atoms with Gasteiger partial charge in [0.25, 0.3) is 0 Å². The summed E-state index contributed by atoms with van der Waals surface area (Å²) in [6.45, 7) is 8.30. The third kappa shape index (κ3) is 2.31. The van der Waals surface area contributed by atoms with Gasteiger partial charge in [-0.1, -0.05) is 19.9 Å². The van der Waals surface area contributed by atoms with Gasteiger partial charge in [0.1, 0.15) is 5.69 Å². The van der Waals surface area contributed by atoms with Gasteiger partial charge in [-0.2, -0.15) is 0 Å². The smallest absolute Gasteiger partial charge is 0.178 e. The molecule has 20 heavy (non-hydrogen) atoms. The average molecular weight is 268 g/mol. The molecule has 0 amide bonds. The van der Waals surface area contributed by atoms with E-state index in [1.807, 2.05) is 12.3 Å². The Hall–Kier alpha value is -1.81. The first-order valence-electron chi connectivity index (χ1n) is 7.19. The fourth-order valence-electron chi connectivity index (χ4n) is 2.67. The molecule has 1 N–H and O–H groups in total. The maximum Gasteiger partial charge on any atom is 0.178 e. The third-order valence-electron chi connectivity index (χ3n) is 3.73. The van der Waals surface area contributed by atoms with Crippen molar-refractivity contribution >= 4 is 0 Å². The van der Waals surface area contributed by atoms with E-state index in [2.05, 4.69) is 37.1 Å². The normalized spacial score (nSPS) is 14.4. The van der Waals surface area contributed by atoms with E-state index in [0.29, 0.717) is 5.92 Å². The van der Waals surface area contributed by atoms with E-state index in [4.69, 9.17) is 9.97 Å². The van der Waals surface area contributed by atoms with Crippen molar-refractivity contribution < 1.29 is 0 Å². The monoisotopic (exact) mass is 268 g/mol. The molecule has 0 radical (unpaired) electrons. The number of aryl methyl sites for hydroxylation is 1. The first-order valence-corrected chi connectivity index (χ1v) is 7.19. The van der Waals surface area contributed by atoms with Crippen LogP contribution in [-0.2, 0) is 13.0 Å². The van der Waals surface area contributed by atoms with Crippen LogP contribution in [0.4, 0.5) is 0 Å². The number of pyridine rings is 1. The summed E-state index contributed by atoms with van der Waals surface area (Å²) >= 11 is 0. The number of rotatable bonds is 2. The fraction of sp³-hybridized carbons (Fsp3) is 0.438. The summed E-state index contributed by atoms with van der Waals surface area (Å²) in [5.41, 5.74) is 5.64. The first-order chi connectivity index (χ1) is 9.66. The van der Waals surface area contributed by atoms with Gasteiger partial charge in [-0.3, -0.25) is 4.98 Å². The van der Waals surface area contributed by atoms with Gasteiger partial charge in [-0.25, -0.2) is 9.97 Å². The molecule has 0 fully saturated rings. The topological polar surface area (TPSA) is 50.7 Å². The van der Waals surface area contributed by atoms with E-state index in [1.165, 1.54) is 11.3 Å². The number of hydrogen-bond acceptors (Lipinski definition) is 4. The van der Waals surface area contributed by atoms with Crippen LogP contribution >= 0.6 is 0 Å². The summed E-state index contributed by atoms with van der Waals surface area (Å²) in [6, 6.07) is 4.01. The van der Waals surface area contributed by atoms with Crippen molar-refractivity contribution in [2.24, 2.45) is 0 Å². The molecule has 0 bridgehead atoms. The van der Waals surface area contributed by atoms with E-state index in [1.54, 1.807) is 0 Å². The number of hydrogen-bond donors (Lipinski definition) is 1. The number of nitrogens with zero attached hydrogens (tertiary/aromatic N) is 3. The van der Waals surface area contributed by atoms with Crippen molar-refractivity contribution in [1.29, 1.82) is 0 Å². The molecule has 1 aliphatic heterocycles. The molecule has 0 unspecified atom stereocenters. The Kier molecular flexibility index (Phi) is 3.49. The minimum absolute atomic E-state index is 0.398. The molecule has 2 aromatic heterocycles. The van der Waals surface area contributed by atoms with Crippen molar-refractivity contribution in [2.75, 3.05) is 6.54 Å². The maximum absolute atomic E-state index is 4.80. The quantitative estimate of drug-likeness (QED) is 0.909. The number of fused-ring (bicyclic) bond motifs is 1. The molecule has 4 nitrogen and oxygen atoms in total. The van der Waals surface area contributed by atoms with Gasteiger partial charge >= 0.3 is 0 Å². The Labute approximate surface area is 119 Å². The minimum atomic E-state index is 0.398. The summed E-state index contributed by atoms with van der Waals surface area (Å²) in [5.74, 6) is 1.17. The van der Waals surface area contributed by atoms with Crippen LogP contribution in [0.3, 0.4) is 0 Å². The lowest BCUT2D eigenvalue weighted by atomic mass is 9.98. The Bertz CT molecular complexity index is 634. The van der Waals surface area contributed by atoms with E-state index in [0.717, 1.165) is 42.3 Å². The van der Waals surface area contributed by atoms with Crippen LogP contribution in [-0.4, -0.2) is 21.5 Å². The summed E-state index contributed by atoms with van der Waals surface area (Å²) in [7, 11) is 0.